The van der Waals surface area contributed by atoms with Gasteiger partial charge in [-0.15, -0.1) is 0 Å². The molecule has 14 heteroatoms. The molecule has 0 aromatic rings. The van der Waals surface area contributed by atoms with Crippen molar-refractivity contribution in [3.8, 4) is 0 Å². The van der Waals surface area contributed by atoms with Gasteiger partial charge in [0.1, 0.15) is 0 Å². The fourth-order valence-electron chi connectivity index (χ4n) is 1.60. The summed E-state index contributed by atoms with van der Waals surface area (Å²) in [5.41, 5.74) is 0. The Kier molecular flexibility index (Phi) is 13.4. The molecule has 0 fully saturated rings. The lowest BCUT2D eigenvalue weighted by molar-refractivity contribution is -0.129. The van der Waals surface area contributed by atoms with E-state index in [2.05, 4.69) is 37.2 Å². The molecule has 0 rings (SSSR count). The normalized spacial score (nSPS) is 9.41. The average molecular weight is 415 g/mol. The van der Waals surface area contributed by atoms with Crippen LogP contribution in [0.2, 0.25) is 0 Å². The first-order valence-electron chi connectivity index (χ1n) is 8.55. The minimum Gasteiger partial charge on any atom is -0.355 e. The molecule has 0 bridgehead atoms. The lowest BCUT2D eigenvalue weighted by Gasteiger charge is -2.09. The summed E-state index contributed by atoms with van der Waals surface area (Å²) < 4.78 is 0. The third kappa shape index (κ3) is 15.1. The first kappa shape index (κ1) is 25.3. The first-order valence-corrected chi connectivity index (χ1v) is 8.55. The molecule has 0 saturated heterocycles. The third-order valence-electron chi connectivity index (χ3n) is 2.95. The molecular formula is C15H25N7O7. The van der Waals surface area contributed by atoms with Gasteiger partial charge in [-0.2, -0.15) is 0 Å². The molecule has 0 unspecified atom stereocenters. The van der Waals surface area contributed by atoms with Crippen molar-refractivity contribution in [2.24, 2.45) is 0 Å². The number of carbonyl (C=O) groups is 7. The van der Waals surface area contributed by atoms with E-state index in [1.807, 2.05) is 0 Å². The van der Waals surface area contributed by atoms with E-state index in [1.165, 1.54) is 0 Å². The Bertz CT molecular complexity index is 624. The van der Waals surface area contributed by atoms with E-state index in [1.54, 1.807) is 6.92 Å². The van der Waals surface area contributed by atoms with Crippen LogP contribution in [-0.2, 0) is 33.6 Å². The topological polar surface area (TPSA) is 204 Å². The van der Waals surface area contributed by atoms with Gasteiger partial charge in [-0.05, 0) is 6.92 Å². The highest BCUT2D eigenvalue weighted by Crippen LogP contribution is 1.72. The van der Waals surface area contributed by atoms with Crippen LogP contribution < -0.4 is 37.2 Å². The molecule has 7 amide bonds. The van der Waals surface area contributed by atoms with Gasteiger partial charge in [0.2, 0.25) is 41.9 Å². The predicted molar refractivity (Wildman–Crippen MR) is 97.8 cm³/mol. The van der Waals surface area contributed by atoms with Crippen LogP contribution in [0.15, 0.2) is 0 Å². The van der Waals surface area contributed by atoms with Gasteiger partial charge >= 0.3 is 0 Å². The van der Waals surface area contributed by atoms with Crippen LogP contribution in [0.4, 0.5) is 0 Å². The highest BCUT2D eigenvalue weighted by molar-refractivity contribution is 5.92. The number of nitrogens with one attached hydrogen (secondary N) is 7. The predicted octanol–water partition coefficient (Wildman–Crippen LogP) is -5.55. The molecule has 0 saturated carbocycles. The Morgan fingerprint density at radius 3 is 1.07 bits per heavy atom. The van der Waals surface area contributed by atoms with E-state index in [9.17, 15) is 33.6 Å². The molecule has 7 N–H and O–H groups in total. The number of amides is 7. The molecular weight excluding hydrogens is 390 g/mol. The van der Waals surface area contributed by atoms with Crippen LogP contribution in [0.25, 0.3) is 0 Å². The Labute approximate surface area is 166 Å². The highest BCUT2D eigenvalue weighted by Gasteiger charge is 2.10. The van der Waals surface area contributed by atoms with Crippen molar-refractivity contribution >= 4 is 41.9 Å². The van der Waals surface area contributed by atoms with Crippen LogP contribution >= 0.6 is 0 Å². The van der Waals surface area contributed by atoms with Gasteiger partial charge in [0, 0.05) is 6.54 Å². The molecule has 14 nitrogen and oxygen atoms in total. The van der Waals surface area contributed by atoms with Crippen molar-refractivity contribution in [2.45, 2.75) is 6.92 Å². The van der Waals surface area contributed by atoms with Crippen molar-refractivity contribution in [3.63, 3.8) is 0 Å². The van der Waals surface area contributed by atoms with E-state index >= 15 is 0 Å². The summed E-state index contributed by atoms with van der Waals surface area (Å²) >= 11 is 0. The number of hydrogen-bond acceptors (Lipinski definition) is 7. The largest absolute Gasteiger partial charge is 0.355 e. The van der Waals surface area contributed by atoms with Crippen molar-refractivity contribution in [1.82, 2.24) is 37.2 Å². The smallest absolute Gasteiger partial charge is 0.239 e. The zero-order chi connectivity index (χ0) is 22.1. The van der Waals surface area contributed by atoms with Crippen LogP contribution in [0.3, 0.4) is 0 Å². The molecule has 162 valence electrons. The van der Waals surface area contributed by atoms with E-state index < -0.39 is 49.2 Å². The van der Waals surface area contributed by atoms with Gasteiger partial charge in [-0.3, -0.25) is 33.6 Å². The Balaban J connectivity index is 3.85. The van der Waals surface area contributed by atoms with Crippen LogP contribution in [0.5, 0.6) is 0 Å². The minimum absolute atomic E-state index is 0.215. The van der Waals surface area contributed by atoms with E-state index in [4.69, 9.17) is 0 Å². The second-order valence-electron chi connectivity index (χ2n) is 5.34. The van der Waals surface area contributed by atoms with Crippen molar-refractivity contribution < 1.29 is 33.6 Å². The summed E-state index contributed by atoms with van der Waals surface area (Å²) in [6, 6.07) is 0. The van der Waals surface area contributed by atoms with E-state index in [0.717, 1.165) is 0 Å². The maximum Gasteiger partial charge on any atom is 0.239 e. The molecule has 0 aliphatic heterocycles. The van der Waals surface area contributed by atoms with Crippen molar-refractivity contribution in [1.29, 1.82) is 0 Å². The Morgan fingerprint density at radius 1 is 0.517 bits per heavy atom. The van der Waals surface area contributed by atoms with Crippen molar-refractivity contribution in [2.75, 3.05) is 45.8 Å². The average Bonchev–Trinajstić information content (AvgIpc) is 2.70. The Morgan fingerprint density at radius 2 is 0.793 bits per heavy atom. The van der Waals surface area contributed by atoms with Gasteiger partial charge in [0.25, 0.3) is 0 Å². The number of hydrogen-bond donors (Lipinski definition) is 7. The number of likely N-dealkylation sites (N-methyl/N-ethyl adjacent to an activating group) is 1. The second-order valence-corrected chi connectivity index (χ2v) is 5.34. The monoisotopic (exact) mass is 415 g/mol. The lowest BCUT2D eigenvalue weighted by Crippen LogP contribution is -2.46. The summed E-state index contributed by atoms with van der Waals surface area (Å²) in [4.78, 5) is 78.3. The maximum atomic E-state index is 11.5. The molecule has 0 aromatic carbocycles. The van der Waals surface area contributed by atoms with E-state index in [0.29, 0.717) is 13.0 Å². The molecule has 0 aliphatic rings. The van der Waals surface area contributed by atoms with Gasteiger partial charge < -0.3 is 37.2 Å². The lowest BCUT2D eigenvalue weighted by atomic mass is 10.4. The van der Waals surface area contributed by atoms with Gasteiger partial charge in [-0.1, -0.05) is 0 Å². The summed E-state index contributed by atoms with van der Waals surface area (Å²) in [6.07, 6.45) is 0.332. The number of rotatable bonds is 14. The summed E-state index contributed by atoms with van der Waals surface area (Å²) in [7, 11) is 0. The molecule has 0 spiro atoms. The molecule has 29 heavy (non-hydrogen) atoms. The minimum atomic E-state index is -0.664. The van der Waals surface area contributed by atoms with Crippen LogP contribution in [0, 0.1) is 0 Å². The number of carbonyl (C=O) groups excluding carboxylic acids is 7. The SMILES string of the molecule is CCNC(=O)CNC(=O)CNC(=O)CNC(=O)CNC(=O)CNC(=O)CNC=O. The van der Waals surface area contributed by atoms with Gasteiger partial charge in [-0.25, -0.2) is 0 Å². The molecule has 0 radical (unpaired) electrons. The molecule has 0 heterocycles. The standard InChI is InChI=1S/C15H25N7O7/c1-2-17-11(25)4-19-13(27)6-21-15(29)8-22-14(28)7-20-12(26)5-18-10(24)3-16-9-23/h9H,2-8H2,1H3,(H,16,23)(H,17,25)(H,18,24)(H,19,27)(H,20,26)(H,21,29)(H,22,28). The molecule has 0 aliphatic carbocycles. The van der Waals surface area contributed by atoms with Gasteiger partial charge in [0.15, 0.2) is 0 Å². The molecule has 0 atom stereocenters. The second kappa shape index (κ2) is 15.4. The zero-order valence-corrected chi connectivity index (χ0v) is 15.9. The quantitative estimate of drug-likeness (QED) is 0.137. The summed E-state index contributed by atoms with van der Waals surface area (Å²) in [5.74, 6) is -3.47. The summed E-state index contributed by atoms with van der Waals surface area (Å²) in [5, 5.41) is 15.8. The van der Waals surface area contributed by atoms with Gasteiger partial charge in [0.05, 0.1) is 39.3 Å². The van der Waals surface area contributed by atoms with E-state index in [-0.39, 0.29) is 25.5 Å². The third-order valence-corrected chi connectivity index (χ3v) is 2.95. The maximum absolute atomic E-state index is 11.5. The summed E-state index contributed by atoms with van der Waals surface area (Å²) in [6.45, 7) is 0.0474. The molecule has 0 aromatic heterocycles. The fraction of sp³-hybridized carbons (Fsp3) is 0.533. The van der Waals surface area contributed by atoms with Crippen molar-refractivity contribution in [3.05, 3.63) is 0 Å². The first-order chi connectivity index (χ1) is 13.8. The highest BCUT2D eigenvalue weighted by atomic mass is 16.2. The zero-order valence-electron chi connectivity index (χ0n) is 15.9. The fourth-order valence-corrected chi connectivity index (χ4v) is 1.60. The Hall–Kier alpha value is -3.71. The van der Waals surface area contributed by atoms with Crippen LogP contribution in [0.1, 0.15) is 6.92 Å². The van der Waals surface area contributed by atoms with Crippen LogP contribution in [-0.4, -0.2) is 87.7 Å².